The van der Waals surface area contributed by atoms with Crippen LogP contribution in [0.3, 0.4) is 0 Å². The average Bonchev–Trinajstić information content (AvgIpc) is 2.78. The number of rotatable bonds is 6. The van der Waals surface area contributed by atoms with Crippen LogP contribution in [-0.4, -0.2) is 18.0 Å². The Kier molecular flexibility index (Phi) is 7.75. The summed E-state index contributed by atoms with van der Waals surface area (Å²) in [5.41, 5.74) is 6.51. The predicted octanol–water partition coefficient (Wildman–Crippen LogP) is 5.74. The van der Waals surface area contributed by atoms with Gasteiger partial charge in [0.25, 0.3) is 0 Å². The smallest absolute Gasteiger partial charge is 0.295 e. The molecule has 0 amide bonds. The number of hydrogen-bond acceptors (Lipinski definition) is 2. The third-order valence-electron chi connectivity index (χ3n) is 5.20. The molecule has 0 saturated carbocycles. The number of hydrogen-bond donors (Lipinski definition) is 0. The number of nitrogens with zero attached hydrogens (tertiary/aromatic N) is 2. The van der Waals surface area contributed by atoms with E-state index in [2.05, 4.69) is 84.2 Å². The van der Waals surface area contributed by atoms with Crippen LogP contribution in [0.25, 0.3) is 22.4 Å². The van der Waals surface area contributed by atoms with Crippen LogP contribution in [0, 0.1) is 12.1 Å². The largest absolute Gasteiger partial charge is 2.00 e. The van der Waals surface area contributed by atoms with E-state index in [1.54, 1.807) is 0 Å². The van der Waals surface area contributed by atoms with Gasteiger partial charge in [-0.15, -0.1) is 28.4 Å². The summed E-state index contributed by atoms with van der Waals surface area (Å²) < 4.78 is 0. The third-order valence-corrected chi connectivity index (χ3v) is 7.22. The molecule has 0 N–H and O–H groups in total. The number of pyridine rings is 2. The van der Waals surface area contributed by atoms with Crippen molar-refractivity contribution in [2.75, 3.05) is 0 Å². The van der Waals surface area contributed by atoms with Gasteiger partial charge in [0.2, 0.25) is 0 Å². The van der Waals surface area contributed by atoms with Crippen molar-refractivity contribution in [3.05, 3.63) is 103 Å². The van der Waals surface area contributed by atoms with Crippen LogP contribution < -0.4 is 5.19 Å². The maximum atomic E-state index is 4.55. The van der Waals surface area contributed by atoms with E-state index in [-0.39, 0.29) is 21.1 Å². The average molecular weight is 602 g/mol. The van der Waals surface area contributed by atoms with Crippen molar-refractivity contribution in [1.82, 2.24) is 9.97 Å². The molecule has 0 aliphatic carbocycles. The second kappa shape index (κ2) is 10.3. The maximum Gasteiger partial charge on any atom is 2.00 e. The molecular formula is C27H26N2PtSi. The predicted molar refractivity (Wildman–Crippen MR) is 127 cm³/mol. The van der Waals surface area contributed by atoms with E-state index in [0.29, 0.717) is 0 Å². The molecule has 2 nitrogen and oxygen atoms in total. The molecule has 0 unspecified atom stereocenters. The molecule has 2 aromatic heterocycles. The van der Waals surface area contributed by atoms with Crippen molar-refractivity contribution in [1.29, 1.82) is 0 Å². The molecule has 0 bridgehead atoms. The van der Waals surface area contributed by atoms with Gasteiger partial charge in [0.05, 0.1) is 8.07 Å². The Morgan fingerprint density at radius 2 is 1.45 bits per heavy atom. The summed E-state index contributed by atoms with van der Waals surface area (Å²) in [6.07, 6.45) is 5.53. The zero-order valence-corrected chi connectivity index (χ0v) is 21.4. The molecule has 0 radical (unpaired) electrons. The second-order valence-electron chi connectivity index (χ2n) is 8.57. The first-order valence-electron chi connectivity index (χ1n) is 10.4. The van der Waals surface area contributed by atoms with Crippen molar-refractivity contribution in [3.8, 4) is 22.4 Å². The molecular weight excluding hydrogens is 575 g/mol. The Morgan fingerprint density at radius 3 is 2.13 bits per heavy atom. The summed E-state index contributed by atoms with van der Waals surface area (Å²) in [7, 11) is -1.50. The molecule has 0 spiro atoms. The molecule has 0 aliphatic rings. The second-order valence-corrected chi connectivity index (χ2v) is 13.6. The fourth-order valence-electron chi connectivity index (χ4n) is 3.44. The van der Waals surface area contributed by atoms with Crippen LogP contribution in [0.4, 0.5) is 0 Å². The van der Waals surface area contributed by atoms with Gasteiger partial charge in [0.15, 0.2) is 0 Å². The molecule has 4 heteroatoms. The van der Waals surface area contributed by atoms with Crippen molar-refractivity contribution < 1.29 is 21.1 Å². The van der Waals surface area contributed by atoms with Crippen LogP contribution in [0.5, 0.6) is 0 Å². The van der Waals surface area contributed by atoms with Gasteiger partial charge in [-0.05, 0) is 31.0 Å². The maximum absolute atomic E-state index is 4.55. The number of aryl methyl sites for hydroxylation is 2. The van der Waals surface area contributed by atoms with Crippen LogP contribution in [0.2, 0.25) is 19.6 Å². The minimum atomic E-state index is -1.50. The van der Waals surface area contributed by atoms with Crippen molar-refractivity contribution in [2.24, 2.45) is 0 Å². The van der Waals surface area contributed by atoms with E-state index < -0.39 is 8.07 Å². The molecule has 158 valence electrons. The molecule has 0 saturated heterocycles. The standard InChI is InChI=1S/C27H26N2Si.Pt/c1-30(2,3)26-19-23(18-24(20-26)27-12-5-7-16-29-27)22-10-8-9-21(17-22)13-14-25-11-4-6-15-28-25;/h4-12,15-16,19-20H,13-14H2,1-3H3;/q-2;+2. The molecule has 4 rings (SSSR count). The van der Waals surface area contributed by atoms with Crippen LogP contribution in [-0.2, 0) is 33.9 Å². The molecule has 0 fully saturated rings. The van der Waals surface area contributed by atoms with Gasteiger partial charge in [-0.2, -0.15) is 35.9 Å². The normalized spacial score (nSPS) is 11.1. The van der Waals surface area contributed by atoms with Gasteiger partial charge in [-0.25, -0.2) is 5.56 Å². The van der Waals surface area contributed by atoms with Crippen LogP contribution >= 0.6 is 0 Å². The summed E-state index contributed by atoms with van der Waals surface area (Å²) in [5.74, 6) is 0. The summed E-state index contributed by atoms with van der Waals surface area (Å²) in [6.45, 7) is 7.13. The summed E-state index contributed by atoms with van der Waals surface area (Å²) in [6, 6.07) is 30.3. The van der Waals surface area contributed by atoms with Gasteiger partial charge >= 0.3 is 21.1 Å². The van der Waals surface area contributed by atoms with E-state index >= 15 is 0 Å². The fraction of sp³-hybridized carbons (Fsp3) is 0.185. The first-order valence-corrected chi connectivity index (χ1v) is 13.9. The van der Waals surface area contributed by atoms with Gasteiger partial charge in [0, 0.05) is 23.8 Å². The van der Waals surface area contributed by atoms with Crippen molar-refractivity contribution >= 4 is 13.3 Å². The molecule has 2 aromatic carbocycles. The first-order chi connectivity index (χ1) is 14.5. The zero-order chi connectivity index (χ0) is 21.0. The Balaban J connectivity index is 0.00000272. The monoisotopic (exact) mass is 601 g/mol. The Hall–Kier alpha value is -2.35. The minimum absolute atomic E-state index is 0. The fourth-order valence-corrected chi connectivity index (χ4v) is 4.59. The summed E-state index contributed by atoms with van der Waals surface area (Å²) in [4.78, 5) is 8.99. The molecule has 0 atom stereocenters. The van der Waals surface area contributed by atoms with Crippen molar-refractivity contribution in [2.45, 2.75) is 32.5 Å². The zero-order valence-electron chi connectivity index (χ0n) is 18.1. The summed E-state index contributed by atoms with van der Waals surface area (Å²) >= 11 is 0. The van der Waals surface area contributed by atoms with E-state index in [4.69, 9.17) is 0 Å². The van der Waals surface area contributed by atoms with Crippen LogP contribution in [0.1, 0.15) is 11.3 Å². The van der Waals surface area contributed by atoms with Gasteiger partial charge in [0.1, 0.15) is 0 Å². The van der Waals surface area contributed by atoms with Gasteiger partial charge in [-0.1, -0.05) is 37.8 Å². The number of aromatic nitrogens is 2. The molecule has 4 aromatic rings. The number of benzene rings is 2. The molecule has 2 heterocycles. The van der Waals surface area contributed by atoms with Gasteiger partial charge in [-0.3, -0.25) is 9.97 Å². The Bertz CT molecular complexity index is 1120. The van der Waals surface area contributed by atoms with E-state index in [1.165, 1.54) is 10.8 Å². The SMILES string of the molecule is C[Si](C)(C)c1cc(-c2[c-]c(CCc3ccccn3)ccc2)[c-]c(-c2ccccn2)c1.[Pt+2]. The quantitative estimate of drug-likeness (QED) is 0.208. The van der Waals surface area contributed by atoms with E-state index in [9.17, 15) is 0 Å². The topological polar surface area (TPSA) is 25.8 Å². The Labute approximate surface area is 201 Å². The molecule has 0 aliphatic heterocycles. The van der Waals surface area contributed by atoms with Crippen LogP contribution in [0.15, 0.2) is 79.1 Å². The van der Waals surface area contributed by atoms with Crippen molar-refractivity contribution in [3.63, 3.8) is 0 Å². The van der Waals surface area contributed by atoms with E-state index in [0.717, 1.165) is 40.9 Å². The summed E-state index contributed by atoms with van der Waals surface area (Å²) in [5, 5.41) is 1.41. The molecule has 31 heavy (non-hydrogen) atoms. The third kappa shape index (κ3) is 6.09. The minimum Gasteiger partial charge on any atom is -0.295 e. The van der Waals surface area contributed by atoms with E-state index in [1.807, 2.05) is 36.7 Å². The first kappa shape index (κ1) is 23.3. The Morgan fingerprint density at radius 1 is 0.710 bits per heavy atom. The van der Waals surface area contributed by atoms with Gasteiger partial charge < -0.3 is 0 Å².